The van der Waals surface area contributed by atoms with Crippen molar-refractivity contribution in [3.63, 3.8) is 0 Å². The van der Waals surface area contributed by atoms with E-state index in [2.05, 4.69) is 5.16 Å². The molecule has 2 rings (SSSR count). The maximum atomic E-state index is 5.99. The van der Waals surface area contributed by atoms with Crippen molar-refractivity contribution >= 4 is 5.71 Å². The summed E-state index contributed by atoms with van der Waals surface area (Å²) in [7, 11) is 1.54. The Hall–Kier alpha value is -2.95. The van der Waals surface area contributed by atoms with Gasteiger partial charge in [-0.25, -0.2) is 0 Å². The predicted molar refractivity (Wildman–Crippen MR) is 117 cm³/mol. The molecule has 0 aromatic heterocycles. The van der Waals surface area contributed by atoms with Crippen LogP contribution < -0.4 is 14.2 Å². The number of benzene rings is 2. The molecular formula is C24H31NO4. The molecule has 0 N–H and O–H groups in total. The number of nitrogens with zero attached hydrogens (tertiary/aromatic N) is 1. The van der Waals surface area contributed by atoms with Crippen molar-refractivity contribution in [2.24, 2.45) is 5.16 Å². The summed E-state index contributed by atoms with van der Waals surface area (Å²) in [6.45, 7) is 9.70. The first-order chi connectivity index (χ1) is 14.0. The highest BCUT2D eigenvalue weighted by molar-refractivity contribution is 5.98. The van der Waals surface area contributed by atoms with Crippen LogP contribution in [0.4, 0.5) is 0 Å². The van der Waals surface area contributed by atoms with Gasteiger partial charge in [-0.1, -0.05) is 29.4 Å². The van der Waals surface area contributed by atoms with E-state index in [9.17, 15) is 0 Å². The molecule has 156 valence electrons. The third kappa shape index (κ3) is 7.18. The van der Waals surface area contributed by atoms with Crippen LogP contribution in [0.5, 0.6) is 17.2 Å². The highest BCUT2D eigenvalue weighted by Gasteiger charge is 2.07. The van der Waals surface area contributed by atoms with E-state index in [0.717, 1.165) is 46.1 Å². The molecule has 0 amide bonds. The van der Waals surface area contributed by atoms with Gasteiger partial charge in [0, 0.05) is 12.0 Å². The molecule has 2 aromatic carbocycles. The molecule has 0 bridgehead atoms. The molecule has 0 radical (unpaired) electrons. The zero-order valence-corrected chi connectivity index (χ0v) is 18.0. The number of allylic oxidation sites excluding steroid dienone is 1. The van der Waals surface area contributed by atoms with Crippen LogP contribution in [0.2, 0.25) is 0 Å². The molecule has 5 nitrogen and oxygen atoms in total. The average molecular weight is 398 g/mol. The lowest BCUT2D eigenvalue weighted by molar-refractivity contribution is 0.213. The summed E-state index contributed by atoms with van der Waals surface area (Å²) in [6, 6.07) is 11.8. The Morgan fingerprint density at radius 3 is 2.38 bits per heavy atom. The van der Waals surface area contributed by atoms with Gasteiger partial charge in [0.05, 0.1) is 18.9 Å². The first-order valence-corrected chi connectivity index (χ1v) is 9.84. The van der Waals surface area contributed by atoms with Crippen LogP contribution in [0.1, 0.15) is 37.0 Å². The van der Waals surface area contributed by atoms with Gasteiger partial charge < -0.3 is 19.0 Å². The van der Waals surface area contributed by atoms with Crippen LogP contribution in [0.3, 0.4) is 0 Å². The van der Waals surface area contributed by atoms with E-state index in [4.69, 9.17) is 19.0 Å². The number of hydrogen-bond acceptors (Lipinski definition) is 5. The number of oxime groups is 1. The fourth-order valence-corrected chi connectivity index (χ4v) is 2.89. The molecule has 29 heavy (non-hydrogen) atoms. The molecule has 0 aliphatic carbocycles. The fraction of sp³-hybridized carbons (Fsp3) is 0.375. The second kappa shape index (κ2) is 11.8. The predicted octanol–water partition coefficient (Wildman–Crippen LogP) is 5.48. The summed E-state index contributed by atoms with van der Waals surface area (Å²) in [4.78, 5) is 4.82. The number of hydrogen-bond donors (Lipinski definition) is 0. The molecule has 0 saturated heterocycles. The van der Waals surface area contributed by atoms with Gasteiger partial charge in [0.2, 0.25) is 0 Å². The third-order valence-corrected chi connectivity index (χ3v) is 4.30. The maximum absolute atomic E-state index is 5.99. The van der Waals surface area contributed by atoms with Crippen LogP contribution >= 0.6 is 0 Å². The molecule has 0 aliphatic rings. The average Bonchev–Trinajstić information content (AvgIpc) is 2.70. The SMILES string of the molecule is C/C=C/COc1cc(C)c(OCCCOc2cccc(C(C)=NOC)c2)c(C)c1. The van der Waals surface area contributed by atoms with Crippen molar-refractivity contribution in [1.82, 2.24) is 0 Å². The van der Waals surface area contributed by atoms with E-state index in [1.807, 2.05) is 76.2 Å². The highest BCUT2D eigenvalue weighted by atomic mass is 16.6. The first kappa shape index (κ1) is 22.3. The van der Waals surface area contributed by atoms with Crippen LogP contribution in [-0.2, 0) is 4.84 Å². The molecule has 0 heterocycles. The van der Waals surface area contributed by atoms with Gasteiger partial charge in [0.15, 0.2) is 0 Å². The summed E-state index contributed by atoms with van der Waals surface area (Å²) >= 11 is 0. The van der Waals surface area contributed by atoms with Gasteiger partial charge in [0.1, 0.15) is 31.0 Å². The summed E-state index contributed by atoms with van der Waals surface area (Å²) in [5, 5.41) is 3.95. The topological polar surface area (TPSA) is 49.3 Å². The van der Waals surface area contributed by atoms with Gasteiger partial charge in [-0.15, -0.1) is 0 Å². The maximum Gasteiger partial charge on any atom is 0.125 e. The summed E-state index contributed by atoms with van der Waals surface area (Å²) in [5.74, 6) is 2.58. The number of aryl methyl sites for hydroxylation is 2. The molecule has 0 unspecified atom stereocenters. The molecule has 0 spiro atoms. The lowest BCUT2D eigenvalue weighted by atomic mass is 10.1. The van der Waals surface area contributed by atoms with Crippen molar-refractivity contribution in [2.45, 2.75) is 34.1 Å². The van der Waals surface area contributed by atoms with Crippen molar-refractivity contribution in [3.8, 4) is 17.2 Å². The molecule has 0 atom stereocenters. The second-order valence-electron chi connectivity index (χ2n) is 6.70. The molecule has 0 saturated carbocycles. The van der Waals surface area contributed by atoms with E-state index in [0.29, 0.717) is 19.8 Å². The zero-order chi connectivity index (χ0) is 21.1. The van der Waals surface area contributed by atoms with Crippen LogP contribution in [0.25, 0.3) is 0 Å². The Kier molecular flexibility index (Phi) is 9.09. The van der Waals surface area contributed by atoms with Gasteiger partial charge in [0.25, 0.3) is 0 Å². The molecule has 0 aliphatic heterocycles. The van der Waals surface area contributed by atoms with Gasteiger partial charge in [-0.3, -0.25) is 0 Å². The van der Waals surface area contributed by atoms with E-state index in [-0.39, 0.29) is 0 Å². The van der Waals surface area contributed by atoms with Crippen LogP contribution in [0.15, 0.2) is 53.7 Å². The number of rotatable bonds is 11. The van der Waals surface area contributed by atoms with E-state index >= 15 is 0 Å². The van der Waals surface area contributed by atoms with E-state index < -0.39 is 0 Å². The Labute approximate surface area is 173 Å². The molecule has 0 fully saturated rings. The summed E-state index contributed by atoms with van der Waals surface area (Å²) < 4.78 is 17.6. The Bertz CT molecular complexity index is 820. The number of ether oxygens (including phenoxy) is 3. The zero-order valence-electron chi connectivity index (χ0n) is 18.0. The van der Waals surface area contributed by atoms with Crippen molar-refractivity contribution < 1.29 is 19.0 Å². The van der Waals surface area contributed by atoms with E-state index in [1.165, 1.54) is 7.11 Å². The first-order valence-electron chi connectivity index (χ1n) is 9.84. The van der Waals surface area contributed by atoms with Gasteiger partial charge in [-0.2, -0.15) is 0 Å². The van der Waals surface area contributed by atoms with Crippen LogP contribution in [-0.4, -0.2) is 32.6 Å². The van der Waals surface area contributed by atoms with Crippen molar-refractivity contribution in [2.75, 3.05) is 26.9 Å². The largest absolute Gasteiger partial charge is 0.493 e. The third-order valence-electron chi connectivity index (χ3n) is 4.30. The van der Waals surface area contributed by atoms with Crippen molar-refractivity contribution in [1.29, 1.82) is 0 Å². The lowest BCUT2D eigenvalue weighted by Crippen LogP contribution is -2.07. The van der Waals surface area contributed by atoms with Gasteiger partial charge in [-0.05, 0) is 63.1 Å². The molecule has 2 aromatic rings. The standard InChI is InChI=1S/C24H31NO4/c1-6-7-12-28-23-15-18(2)24(19(3)16-23)29-14-9-13-27-22-11-8-10-21(17-22)20(4)25-26-5/h6-8,10-11,15-17H,9,12-14H2,1-5H3/b7-6+,25-20?. The summed E-state index contributed by atoms with van der Waals surface area (Å²) in [5.41, 5.74) is 3.93. The quantitative estimate of drug-likeness (QED) is 0.218. The Morgan fingerprint density at radius 1 is 0.966 bits per heavy atom. The highest BCUT2D eigenvalue weighted by Crippen LogP contribution is 2.28. The summed E-state index contributed by atoms with van der Waals surface area (Å²) in [6.07, 6.45) is 4.74. The lowest BCUT2D eigenvalue weighted by Gasteiger charge is -2.14. The molecular weight excluding hydrogens is 366 g/mol. The van der Waals surface area contributed by atoms with Crippen molar-refractivity contribution in [3.05, 3.63) is 65.2 Å². The fourth-order valence-electron chi connectivity index (χ4n) is 2.89. The van der Waals surface area contributed by atoms with Gasteiger partial charge >= 0.3 is 0 Å². The minimum Gasteiger partial charge on any atom is -0.493 e. The minimum absolute atomic E-state index is 0.574. The molecule has 5 heteroatoms. The second-order valence-corrected chi connectivity index (χ2v) is 6.70. The monoisotopic (exact) mass is 397 g/mol. The smallest absolute Gasteiger partial charge is 0.125 e. The van der Waals surface area contributed by atoms with Crippen LogP contribution in [0, 0.1) is 13.8 Å². The minimum atomic E-state index is 0.574. The van der Waals surface area contributed by atoms with E-state index in [1.54, 1.807) is 0 Å². The Morgan fingerprint density at radius 2 is 1.69 bits per heavy atom. The normalized spacial score (nSPS) is 11.6. The Balaban J connectivity index is 1.82.